The Labute approximate surface area is 385 Å². The van der Waals surface area contributed by atoms with E-state index in [1.165, 1.54) is 0 Å². The summed E-state index contributed by atoms with van der Waals surface area (Å²) in [7, 11) is 0. The predicted molar refractivity (Wildman–Crippen MR) is 251 cm³/mol. The number of fused-ring (bicyclic) bond motifs is 12. The van der Waals surface area contributed by atoms with E-state index < -0.39 is 0 Å². The van der Waals surface area contributed by atoms with E-state index in [9.17, 15) is 30.6 Å². The number of anilines is 4. The van der Waals surface area contributed by atoms with Crippen LogP contribution in [0, 0.1) is 45.3 Å². The third kappa shape index (κ3) is 8.11. The number of nitriles is 4. The molecule has 66 heavy (non-hydrogen) atoms. The second kappa shape index (κ2) is 19.3. The maximum atomic E-state index is 14.6. The van der Waals surface area contributed by atoms with Gasteiger partial charge in [0.2, 0.25) is 11.8 Å². The Morgan fingerprint density at radius 1 is 0.409 bits per heavy atom. The summed E-state index contributed by atoms with van der Waals surface area (Å²) in [4.78, 5) is 33.1. The molecule has 3 aliphatic rings. The molecule has 0 radical (unpaired) electrons. The number of carbonyl (C=O) groups is 2. The molecule has 10 heteroatoms. The van der Waals surface area contributed by atoms with Gasteiger partial charge in [-0.1, -0.05) is 72.8 Å². The average molecular weight is 867 g/mol. The Hall–Kier alpha value is -8.18. The first kappa shape index (κ1) is 43.1. The lowest BCUT2D eigenvalue weighted by Gasteiger charge is -2.53. The highest BCUT2D eigenvalue weighted by Gasteiger charge is 2.58. The largest absolute Gasteiger partial charge is 0.494 e. The van der Waals surface area contributed by atoms with Crippen molar-refractivity contribution < 1.29 is 19.1 Å². The molecular formula is C56H46N6O4. The number of amides is 2. The van der Waals surface area contributed by atoms with E-state index in [0.29, 0.717) is 61.5 Å². The molecule has 6 aromatic rings. The number of ether oxygens (including phenoxy) is 2. The zero-order chi connectivity index (χ0) is 45.6. The molecule has 6 aromatic carbocycles. The molecule has 1 aliphatic carbocycles. The van der Waals surface area contributed by atoms with E-state index in [2.05, 4.69) is 72.8 Å². The van der Waals surface area contributed by atoms with Gasteiger partial charge in [-0.25, -0.2) is 0 Å². The standard InChI is InChI=1S/C56H46N6O4/c57-33-37-25-27-41(31-39(37)35-59)65-29-13-1-3-23-51(63)61-47-19-9-5-15-43(47)53-54(44-16-6-10-20-48(44)61)56-46-18-8-12-22-50(46)62(49-21-11-7-17-45(49)55(53)56)52(64)24-4-2-14-30-66-42-28-26-38(34-58)40(32-42)36-60/h5-12,15-22,25-28,31-32,53-56H,1-4,13-14,23-24,29-30H2. The van der Waals surface area contributed by atoms with E-state index in [0.717, 1.165) is 70.7 Å². The fourth-order valence-electron chi connectivity index (χ4n) is 10.3. The van der Waals surface area contributed by atoms with Crippen LogP contribution in [-0.4, -0.2) is 25.0 Å². The first-order valence-electron chi connectivity index (χ1n) is 22.6. The van der Waals surface area contributed by atoms with Gasteiger partial charge in [-0.15, -0.1) is 0 Å². The highest BCUT2D eigenvalue weighted by Crippen LogP contribution is 2.72. The lowest BCUT2D eigenvalue weighted by molar-refractivity contribution is -0.118. The van der Waals surface area contributed by atoms with Gasteiger partial charge in [-0.05, 0) is 121 Å². The van der Waals surface area contributed by atoms with Crippen molar-refractivity contribution in [3.63, 3.8) is 0 Å². The molecule has 0 unspecified atom stereocenters. The summed E-state index contributed by atoms with van der Waals surface area (Å²) in [5.41, 5.74) is 9.30. The number of rotatable bonds is 14. The van der Waals surface area contributed by atoms with Crippen molar-refractivity contribution in [1.29, 1.82) is 21.0 Å². The molecule has 0 N–H and O–H groups in total. The number of hydrogen-bond donors (Lipinski definition) is 0. The molecule has 0 atom stereocenters. The first-order valence-corrected chi connectivity index (χ1v) is 22.6. The Kier molecular flexibility index (Phi) is 12.6. The topological polar surface area (TPSA) is 154 Å². The molecule has 0 spiro atoms. The predicted octanol–water partition coefficient (Wildman–Crippen LogP) is 11.9. The zero-order valence-electron chi connectivity index (χ0n) is 36.4. The van der Waals surface area contributed by atoms with E-state index in [4.69, 9.17) is 9.47 Å². The van der Waals surface area contributed by atoms with Gasteiger partial charge in [-0.2, -0.15) is 21.0 Å². The molecule has 2 amide bonds. The summed E-state index contributed by atoms with van der Waals surface area (Å²) >= 11 is 0. The molecule has 0 bridgehead atoms. The molecule has 1 saturated carbocycles. The van der Waals surface area contributed by atoms with E-state index in [1.54, 1.807) is 36.4 Å². The minimum Gasteiger partial charge on any atom is -0.494 e. The van der Waals surface area contributed by atoms with Gasteiger partial charge in [-0.3, -0.25) is 19.4 Å². The third-order valence-corrected chi connectivity index (χ3v) is 13.3. The van der Waals surface area contributed by atoms with Crippen LogP contribution in [0.4, 0.5) is 22.7 Å². The summed E-state index contributed by atoms with van der Waals surface area (Å²) in [6.07, 6.45) is 5.10. The Bertz CT molecular complexity index is 2690. The Morgan fingerprint density at radius 3 is 1.05 bits per heavy atom. The van der Waals surface area contributed by atoms with Crippen LogP contribution < -0.4 is 19.3 Å². The number of benzene rings is 6. The van der Waals surface area contributed by atoms with Crippen molar-refractivity contribution in [2.45, 2.75) is 75.0 Å². The van der Waals surface area contributed by atoms with Crippen molar-refractivity contribution in [2.24, 2.45) is 0 Å². The molecule has 1 fully saturated rings. The van der Waals surface area contributed by atoms with Crippen LogP contribution >= 0.6 is 0 Å². The number of nitrogens with zero attached hydrogens (tertiary/aromatic N) is 6. The molecule has 0 aromatic heterocycles. The Balaban J connectivity index is 0.937. The minimum atomic E-state index is 0.0367. The quantitative estimate of drug-likeness (QED) is 0.0980. The van der Waals surface area contributed by atoms with Gasteiger partial charge in [0.1, 0.15) is 35.8 Å². The van der Waals surface area contributed by atoms with Crippen LogP contribution in [0.5, 0.6) is 11.5 Å². The van der Waals surface area contributed by atoms with Crippen LogP contribution in [-0.2, 0) is 9.59 Å². The highest BCUT2D eigenvalue weighted by molar-refractivity contribution is 6.05. The monoisotopic (exact) mass is 866 g/mol. The summed E-state index contributed by atoms with van der Waals surface area (Å²) in [6.45, 7) is 0.865. The van der Waals surface area contributed by atoms with Crippen molar-refractivity contribution in [3.05, 3.63) is 178 Å². The summed E-state index contributed by atoms with van der Waals surface area (Å²) in [6, 6.07) is 51.3. The van der Waals surface area contributed by atoms with Crippen LogP contribution in [0.15, 0.2) is 133 Å². The molecule has 10 nitrogen and oxygen atoms in total. The van der Waals surface area contributed by atoms with Crippen LogP contribution in [0.25, 0.3) is 0 Å². The van der Waals surface area contributed by atoms with E-state index in [-0.39, 0.29) is 46.6 Å². The average Bonchev–Trinajstić information content (AvgIpc) is 3.52. The van der Waals surface area contributed by atoms with Gasteiger partial charge >= 0.3 is 0 Å². The number of carbonyl (C=O) groups excluding carboxylic acids is 2. The maximum absolute atomic E-state index is 14.6. The minimum absolute atomic E-state index is 0.0367. The van der Waals surface area contributed by atoms with Gasteiger partial charge in [0.15, 0.2) is 0 Å². The molecule has 9 rings (SSSR count). The molecule has 2 aliphatic heterocycles. The van der Waals surface area contributed by atoms with Crippen LogP contribution in [0.2, 0.25) is 0 Å². The first-order chi connectivity index (χ1) is 32.4. The van der Waals surface area contributed by atoms with E-state index in [1.807, 2.05) is 58.3 Å². The van der Waals surface area contributed by atoms with Gasteiger partial charge in [0, 0.05) is 36.5 Å². The fourth-order valence-corrected chi connectivity index (χ4v) is 10.3. The third-order valence-electron chi connectivity index (χ3n) is 13.3. The summed E-state index contributed by atoms with van der Waals surface area (Å²) in [5.74, 6) is 1.31. The second-order valence-electron chi connectivity index (χ2n) is 17.0. The molecule has 324 valence electrons. The number of para-hydroxylation sites is 4. The maximum Gasteiger partial charge on any atom is 0.231 e. The second-order valence-corrected chi connectivity index (χ2v) is 17.0. The Morgan fingerprint density at radius 2 is 0.727 bits per heavy atom. The van der Waals surface area contributed by atoms with Crippen molar-refractivity contribution in [2.75, 3.05) is 23.0 Å². The van der Waals surface area contributed by atoms with Gasteiger partial charge < -0.3 is 9.47 Å². The molecule has 2 heterocycles. The molecular weight excluding hydrogens is 821 g/mol. The SMILES string of the molecule is N#Cc1ccc(OCCCCCC(=O)N2c3ccccc3C3C(c4ccccc42)C2c4ccccc4N(C(=O)CCCCCOc4ccc(C#N)c(C#N)c4)c4ccccc4C32)cc1C#N. The number of hydrogen-bond acceptors (Lipinski definition) is 8. The smallest absolute Gasteiger partial charge is 0.231 e. The zero-order valence-corrected chi connectivity index (χ0v) is 36.4. The fraction of sp³-hybridized carbons (Fsp3) is 0.250. The van der Waals surface area contributed by atoms with E-state index >= 15 is 0 Å². The number of unbranched alkanes of at least 4 members (excludes halogenated alkanes) is 4. The summed E-state index contributed by atoms with van der Waals surface area (Å²) < 4.78 is 11.8. The molecule has 0 saturated heterocycles. The van der Waals surface area contributed by atoms with Crippen molar-refractivity contribution >= 4 is 34.6 Å². The van der Waals surface area contributed by atoms with Crippen LogP contribution in [0.1, 0.15) is 120 Å². The van der Waals surface area contributed by atoms with Crippen molar-refractivity contribution in [3.8, 4) is 35.8 Å². The lowest BCUT2D eigenvalue weighted by atomic mass is 9.49. The highest BCUT2D eigenvalue weighted by atomic mass is 16.5. The normalized spacial score (nSPS) is 17.1. The van der Waals surface area contributed by atoms with Crippen molar-refractivity contribution in [1.82, 2.24) is 0 Å². The lowest BCUT2D eigenvalue weighted by Crippen LogP contribution is -2.39. The van der Waals surface area contributed by atoms with Gasteiger partial charge in [0.05, 0.1) is 58.2 Å². The summed E-state index contributed by atoms with van der Waals surface area (Å²) in [5, 5.41) is 37.3. The van der Waals surface area contributed by atoms with Gasteiger partial charge in [0.25, 0.3) is 0 Å². The van der Waals surface area contributed by atoms with Crippen LogP contribution in [0.3, 0.4) is 0 Å².